The van der Waals surface area contributed by atoms with E-state index in [1.165, 1.54) is 25.1 Å². The van der Waals surface area contributed by atoms with E-state index >= 15 is 0 Å². The van der Waals surface area contributed by atoms with Gasteiger partial charge in [0.05, 0.1) is 28.2 Å². The van der Waals surface area contributed by atoms with E-state index in [0.29, 0.717) is 25.6 Å². The number of Topliss-reactive ketones (excluding diaryl/α,β-unsaturated/α-hetero) is 2. The zero-order chi connectivity index (χ0) is 36.2. The minimum Gasteiger partial charge on any atom is -0.508 e. The number of nitrogens with zero attached hydrogens (tertiary/aromatic N) is 1. The lowest BCUT2D eigenvalue weighted by Gasteiger charge is -2.47. The van der Waals surface area contributed by atoms with Crippen LogP contribution in [0.5, 0.6) is 11.5 Å². The number of carboxylic acids is 1. The molecule has 0 aromatic heterocycles. The van der Waals surface area contributed by atoms with Crippen LogP contribution in [0.1, 0.15) is 31.8 Å². The smallest absolute Gasteiger partial charge is 0.490 e. The van der Waals surface area contributed by atoms with E-state index in [0.717, 1.165) is 0 Å². The maximum absolute atomic E-state index is 14.0. The number of carboxylic acid groups (broad SMARTS) is 1. The fourth-order valence-corrected chi connectivity index (χ4v) is 6.65. The Balaban J connectivity index is 0.000000671. The average molecular weight is 785 g/mol. The zero-order valence-electron chi connectivity index (χ0n) is 25.1. The summed E-state index contributed by atoms with van der Waals surface area (Å²) in [5.41, 5.74) is 2.42. The molecule has 8 N–H and O–H groups in total. The molecular formula is C31H27F3IN3O10. The fourth-order valence-electron chi connectivity index (χ4n) is 6.02. The number of alkyl halides is 3. The van der Waals surface area contributed by atoms with Gasteiger partial charge in [0.1, 0.15) is 17.1 Å². The molecule has 0 fully saturated rings. The van der Waals surface area contributed by atoms with E-state index in [-0.39, 0.29) is 23.1 Å². The molecule has 0 aliphatic heterocycles. The van der Waals surface area contributed by atoms with Crippen molar-refractivity contribution in [2.24, 2.45) is 11.7 Å². The molecule has 3 aromatic rings. The first-order valence-electron chi connectivity index (χ1n) is 13.7. The summed E-state index contributed by atoms with van der Waals surface area (Å²) in [4.78, 5) is 62.6. The topological polar surface area (TPSA) is 228 Å². The molecule has 17 heteroatoms. The number of nitrogens with two attached hydrogens (primary N) is 1. The number of hydrogen-bond donors (Lipinski definition) is 7. The highest BCUT2D eigenvalue weighted by atomic mass is 127. The second kappa shape index (κ2) is 12.7. The molecule has 0 saturated carbocycles. The first kappa shape index (κ1) is 36.1. The van der Waals surface area contributed by atoms with Gasteiger partial charge in [-0.05, 0) is 84.7 Å². The van der Waals surface area contributed by atoms with Gasteiger partial charge in [-0.1, -0.05) is 18.2 Å². The standard InChI is InChI=1S/C29H26IN3O8.C2HF3O2/c1-11-12-8-9-17(32-28(40)13-6-4-5-7-16(13)30)22(34)18(12)23(35)19-14(11)10-15-21(33(2)3)24(36)20(27(31)39)26(38)29(15,41)25(19)37;3-2(4,5)1(6)7/h4-9,15,21,34-35,38,41H,10H2,1-3H3,(H2,31,39)(H,32,40);(H,6,7)/t15-,21-,29-;/m0./s1. The average Bonchev–Trinajstić information content (AvgIpc) is 2.98. The normalized spacial score (nSPS) is 20.5. The van der Waals surface area contributed by atoms with Gasteiger partial charge in [-0.25, -0.2) is 4.79 Å². The highest BCUT2D eigenvalue weighted by Crippen LogP contribution is 2.51. The summed E-state index contributed by atoms with van der Waals surface area (Å²) in [7, 11) is 3.05. The SMILES string of the molecule is Cc1c2c(c(O)c3c(O)c(NC(=O)c4ccccc4I)ccc13)C(=O)[C@]1(O)C(O)=C(C(N)=O)C(=O)[C@@H](N(C)C)[C@@H]1C2.O=C(O)C(F)(F)F. The zero-order valence-corrected chi connectivity index (χ0v) is 27.3. The highest BCUT2D eigenvalue weighted by Gasteiger charge is 2.62. The molecule has 3 aromatic carbocycles. The van der Waals surface area contributed by atoms with Gasteiger partial charge >= 0.3 is 12.1 Å². The number of primary amides is 1. The minimum atomic E-state index is -5.08. The molecule has 0 heterocycles. The Bertz CT molecular complexity index is 1960. The maximum atomic E-state index is 14.0. The predicted octanol–water partition coefficient (Wildman–Crippen LogP) is 2.95. The van der Waals surface area contributed by atoms with E-state index in [1.54, 1.807) is 37.3 Å². The van der Waals surface area contributed by atoms with Gasteiger partial charge in [0, 0.05) is 9.49 Å². The van der Waals surface area contributed by atoms with Crippen molar-refractivity contribution in [2.75, 3.05) is 19.4 Å². The number of aliphatic hydroxyl groups excluding tert-OH is 1. The number of hydrogen-bond acceptors (Lipinski definition) is 10. The first-order valence-corrected chi connectivity index (χ1v) is 14.8. The number of aliphatic hydroxyl groups is 2. The van der Waals surface area contributed by atoms with Crippen LogP contribution in [0.25, 0.3) is 10.8 Å². The summed E-state index contributed by atoms with van der Waals surface area (Å²) in [6.07, 6.45) is -5.22. The summed E-state index contributed by atoms with van der Waals surface area (Å²) in [5.74, 6) is -10.2. The van der Waals surface area contributed by atoms with Crippen molar-refractivity contribution >= 4 is 68.4 Å². The first-order chi connectivity index (χ1) is 22.2. The molecule has 2 amide bonds. The Labute approximate surface area is 282 Å². The van der Waals surface area contributed by atoms with E-state index in [4.69, 9.17) is 15.6 Å². The molecule has 0 bridgehead atoms. The number of aromatic hydroxyl groups is 2. The molecular weight excluding hydrogens is 758 g/mol. The summed E-state index contributed by atoms with van der Waals surface area (Å²) in [6.45, 7) is 1.65. The quantitative estimate of drug-likeness (QED) is 0.116. The Morgan fingerprint density at radius 3 is 2.15 bits per heavy atom. The molecule has 0 unspecified atom stereocenters. The third-order valence-electron chi connectivity index (χ3n) is 8.25. The molecule has 0 radical (unpaired) electrons. The van der Waals surface area contributed by atoms with Crippen LogP contribution in [0, 0.1) is 16.4 Å². The lowest BCUT2D eigenvalue weighted by Crippen LogP contribution is -2.64. The number of halogens is 4. The van der Waals surface area contributed by atoms with Gasteiger partial charge in [0.2, 0.25) is 5.78 Å². The third-order valence-corrected chi connectivity index (χ3v) is 9.19. The number of ketones is 2. The number of anilines is 1. The number of fused-ring (bicyclic) bond motifs is 3. The van der Waals surface area contributed by atoms with Crippen LogP contribution in [-0.4, -0.2) is 91.7 Å². The Morgan fingerprint density at radius 2 is 1.62 bits per heavy atom. The van der Waals surface area contributed by atoms with Crippen LogP contribution < -0.4 is 11.1 Å². The van der Waals surface area contributed by atoms with Gasteiger partial charge in [-0.2, -0.15) is 13.2 Å². The molecule has 0 spiro atoms. The summed E-state index contributed by atoms with van der Waals surface area (Å²) in [6, 6.07) is 8.65. The Kier molecular flexibility index (Phi) is 9.55. The largest absolute Gasteiger partial charge is 0.508 e. The summed E-state index contributed by atoms with van der Waals surface area (Å²) in [5, 5.41) is 55.2. The molecule has 0 saturated heterocycles. The summed E-state index contributed by atoms with van der Waals surface area (Å²) < 4.78 is 32.4. The molecule has 254 valence electrons. The fraction of sp³-hybridized carbons (Fsp3) is 0.258. The van der Waals surface area contributed by atoms with E-state index < -0.39 is 75.9 Å². The maximum Gasteiger partial charge on any atom is 0.490 e. The van der Waals surface area contributed by atoms with E-state index in [1.807, 2.05) is 22.6 Å². The summed E-state index contributed by atoms with van der Waals surface area (Å²) >= 11 is 2.00. The number of rotatable bonds is 4. The van der Waals surface area contributed by atoms with Gasteiger partial charge < -0.3 is 36.6 Å². The Morgan fingerprint density at radius 1 is 1.04 bits per heavy atom. The number of benzene rings is 3. The number of nitrogens with one attached hydrogen (secondary N) is 1. The van der Waals surface area contributed by atoms with Crippen molar-refractivity contribution in [3.05, 3.63) is 73.6 Å². The second-order valence-electron chi connectivity index (χ2n) is 11.2. The molecule has 13 nitrogen and oxygen atoms in total. The van der Waals surface area contributed by atoms with Crippen molar-refractivity contribution in [3.8, 4) is 11.5 Å². The number of amides is 2. The van der Waals surface area contributed by atoms with Crippen LogP contribution in [0.3, 0.4) is 0 Å². The third kappa shape index (κ3) is 5.81. The number of aliphatic carboxylic acids is 1. The number of aryl methyl sites for hydroxylation is 1. The van der Waals surface area contributed by atoms with Crippen molar-refractivity contribution in [2.45, 2.75) is 31.2 Å². The number of phenols is 2. The lowest BCUT2D eigenvalue weighted by molar-refractivity contribution is -0.192. The predicted molar refractivity (Wildman–Crippen MR) is 171 cm³/mol. The molecule has 2 aliphatic rings. The van der Waals surface area contributed by atoms with Crippen LogP contribution in [-0.2, 0) is 20.8 Å². The lowest BCUT2D eigenvalue weighted by atomic mass is 9.61. The van der Waals surface area contributed by atoms with Crippen LogP contribution in [0.4, 0.5) is 18.9 Å². The molecule has 3 atom stereocenters. The van der Waals surface area contributed by atoms with Crippen molar-refractivity contribution in [3.63, 3.8) is 0 Å². The van der Waals surface area contributed by atoms with Gasteiger partial charge in [-0.15, -0.1) is 0 Å². The monoisotopic (exact) mass is 785 g/mol. The highest BCUT2D eigenvalue weighted by molar-refractivity contribution is 14.1. The molecule has 2 aliphatic carbocycles. The van der Waals surface area contributed by atoms with Crippen LogP contribution in [0.15, 0.2) is 47.7 Å². The molecule has 5 rings (SSSR count). The second-order valence-corrected chi connectivity index (χ2v) is 12.4. The number of carbonyl (C=O) groups is 5. The van der Waals surface area contributed by atoms with Gasteiger partial charge in [0.15, 0.2) is 17.1 Å². The number of likely N-dealkylation sites (N-methyl/N-ethyl adjacent to an activating group) is 1. The van der Waals surface area contributed by atoms with Crippen LogP contribution >= 0.6 is 22.6 Å². The van der Waals surface area contributed by atoms with Crippen molar-refractivity contribution < 1.29 is 62.7 Å². The van der Waals surface area contributed by atoms with Crippen molar-refractivity contribution in [1.29, 1.82) is 0 Å². The number of carbonyl (C=O) groups excluding carboxylic acids is 4. The molecule has 48 heavy (non-hydrogen) atoms. The minimum absolute atomic E-state index is 0.0358. The van der Waals surface area contributed by atoms with Crippen LogP contribution in [0.2, 0.25) is 0 Å². The number of phenolic OH excluding ortho intramolecular Hbond substituents is 2. The van der Waals surface area contributed by atoms with Gasteiger partial charge in [-0.3, -0.25) is 24.1 Å². The van der Waals surface area contributed by atoms with Crippen molar-refractivity contribution in [1.82, 2.24) is 4.90 Å². The Hall–Kier alpha value is -4.75. The van der Waals surface area contributed by atoms with E-state index in [2.05, 4.69) is 5.32 Å². The van der Waals surface area contributed by atoms with Gasteiger partial charge in [0.25, 0.3) is 11.8 Å². The van der Waals surface area contributed by atoms with E-state index in [9.17, 15) is 52.8 Å².